The molecule has 0 spiro atoms. The molecule has 0 bridgehead atoms. The maximum Gasteiger partial charge on any atom is 0.305 e. The fourth-order valence-corrected chi connectivity index (χ4v) is 1.10. The van der Waals surface area contributed by atoms with Crippen LogP contribution in [0.25, 0.3) is 0 Å². The second kappa shape index (κ2) is 5.34. The summed E-state index contributed by atoms with van der Waals surface area (Å²) < 4.78 is 4.47. The lowest BCUT2D eigenvalue weighted by Gasteiger charge is -2.08. The van der Waals surface area contributed by atoms with Crippen LogP contribution in [0.5, 0.6) is 0 Å². The van der Waals surface area contributed by atoms with E-state index < -0.39 is 6.10 Å². The van der Waals surface area contributed by atoms with Crippen molar-refractivity contribution in [2.45, 2.75) is 18.9 Å². The number of methoxy groups -OCH3 is 1. The van der Waals surface area contributed by atoms with Crippen LogP contribution in [0.1, 0.15) is 24.5 Å². The van der Waals surface area contributed by atoms with Crippen molar-refractivity contribution in [3.05, 3.63) is 30.1 Å². The molecule has 4 heteroatoms. The molecule has 0 saturated carbocycles. The Labute approximate surface area is 82.5 Å². The third-order valence-corrected chi connectivity index (χ3v) is 1.92. The first kappa shape index (κ1) is 10.7. The minimum atomic E-state index is -0.650. The van der Waals surface area contributed by atoms with Crippen LogP contribution >= 0.6 is 0 Å². The second-order valence-electron chi connectivity index (χ2n) is 2.92. The molecule has 0 aliphatic carbocycles. The number of ether oxygens (including phenoxy) is 1. The third-order valence-electron chi connectivity index (χ3n) is 1.92. The van der Waals surface area contributed by atoms with Crippen LogP contribution in [0.2, 0.25) is 0 Å². The van der Waals surface area contributed by atoms with Crippen LogP contribution in [-0.2, 0) is 9.53 Å². The molecule has 14 heavy (non-hydrogen) atoms. The smallest absolute Gasteiger partial charge is 0.305 e. The largest absolute Gasteiger partial charge is 0.469 e. The summed E-state index contributed by atoms with van der Waals surface area (Å²) in [6, 6.07) is 3.52. The van der Waals surface area contributed by atoms with Gasteiger partial charge < -0.3 is 9.84 Å². The number of rotatable bonds is 4. The number of carbonyl (C=O) groups is 1. The summed E-state index contributed by atoms with van der Waals surface area (Å²) in [5, 5.41) is 9.62. The Morgan fingerprint density at radius 3 is 3.07 bits per heavy atom. The molecule has 1 atom stereocenters. The zero-order chi connectivity index (χ0) is 10.4. The molecule has 0 fully saturated rings. The van der Waals surface area contributed by atoms with Crippen molar-refractivity contribution in [2.75, 3.05) is 7.11 Å². The zero-order valence-electron chi connectivity index (χ0n) is 8.01. The molecule has 0 aromatic carbocycles. The monoisotopic (exact) mass is 195 g/mol. The molecule has 1 aromatic rings. The normalized spacial score (nSPS) is 12.1. The molecule has 76 valence electrons. The molecule has 0 aliphatic heterocycles. The maximum atomic E-state index is 10.8. The summed E-state index contributed by atoms with van der Waals surface area (Å²) in [5.74, 6) is -0.312. The van der Waals surface area contributed by atoms with E-state index in [2.05, 4.69) is 9.72 Å². The molecule has 4 nitrogen and oxygen atoms in total. The Kier molecular flexibility index (Phi) is 4.07. The van der Waals surface area contributed by atoms with E-state index in [1.807, 2.05) is 0 Å². The first-order valence-electron chi connectivity index (χ1n) is 4.39. The van der Waals surface area contributed by atoms with Crippen molar-refractivity contribution < 1.29 is 14.6 Å². The highest BCUT2D eigenvalue weighted by atomic mass is 16.5. The highest BCUT2D eigenvalue weighted by molar-refractivity contribution is 5.69. The zero-order valence-corrected chi connectivity index (χ0v) is 8.01. The quantitative estimate of drug-likeness (QED) is 0.730. The highest BCUT2D eigenvalue weighted by Crippen LogP contribution is 2.16. The number of aliphatic hydroxyl groups is 1. The average Bonchev–Trinajstić information content (AvgIpc) is 2.26. The van der Waals surface area contributed by atoms with Gasteiger partial charge in [-0.1, -0.05) is 6.07 Å². The van der Waals surface area contributed by atoms with E-state index in [0.29, 0.717) is 6.42 Å². The van der Waals surface area contributed by atoms with Crippen LogP contribution in [0.4, 0.5) is 0 Å². The Morgan fingerprint density at radius 2 is 2.50 bits per heavy atom. The Hall–Kier alpha value is -1.42. The van der Waals surface area contributed by atoms with E-state index in [0.717, 1.165) is 5.56 Å². The van der Waals surface area contributed by atoms with Crippen LogP contribution in [0, 0.1) is 0 Å². The lowest BCUT2D eigenvalue weighted by Crippen LogP contribution is -2.04. The van der Waals surface area contributed by atoms with Gasteiger partial charge in [0.2, 0.25) is 0 Å². The standard InChI is InChI=1S/C10H13NO3/c1-14-10(13)5-4-9(12)8-3-2-6-11-7-8/h2-3,6-7,9,12H,4-5H2,1H3. The minimum absolute atomic E-state index is 0.215. The number of aliphatic hydroxyl groups excluding tert-OH is 1. The summed E-state index contributed by atoms with van der Waals surface area (Å²) >= 11 is 0. The van der Waals surface area contributed by atoms with Gasteiger partial charge in [0.05, 0.1) is 13.2 Å². The number of nitrogens with zero attached hydrogens (tertiary/aromatic N) is 1. The van der Waals surface area contributed by atoms with E-state index in [4.69, 9.17) is 0 Å². The first-order chi connectivity index (χ1) is 6.74. The molecule has 0 aliphatic rings. The van der Waals surface area contributed by atoms with Gasteiger partial charge >= 0.3 is 5.97 Å². The number of hydrogen-bond acceptors (Lipinski definition) is 4. The van der Waals surface area contributed by atoms with Gasteiger partial charge in [0.1, 0.15) is 0 Å². The van der Waals surface area contributed by atoms with Crippen molar-refractivity contribution in [3.63, 3.8) is 0 Å². The molecular weight excluding hydrogens is 182 g/mol. The van der Waals surface area contributed by atoms with Crippen LogP contribution < -0.4 is 0 Å². The van der Waals surface area contributed by atoms with E-state index in [-0.39, 0.29) is 12.4 Å². The molecule has 1 unspecified atom stereocenters. The van der Waals surface area contributed by atoms with Gasteiger partial charge in [-0.15, -0.1) is 0 Å². The topological polar surface area (TPSA) is 59.4 Å². The van der Waals surface area contributed by atoms with Crippen molar-refractivity contribution in [1.29, 1.82) is 0 Å². The van der Waals surface area contributed by atoms with Gasteiger partial charge in [-0.05, 0) is 18.1 Å². The molecule has 1 N–H and O–H groups in total. The molecular formula is C10H13NO3. The molecule has 0 radical (unpaired) electrons. The number of carbonyl (C=O) groups excluding carboxylic acids is 1. The number of aromatic nitrogens is 1. The lowest BCUT2D eigenvalue weighted by molar-refractivity contribution is -0.141. The van der Waals surface area contributed by atoms with Crippen LogP contribution in [-0.4, -0.2) is 23.2 Å². The summed E-state index contributed by atoms with van der Waals surface area (Å²) in [6.07, 6.45) is 3.14. The molecule has 1 heterocycles. The Morgan fingerprint density at radius 1 is 1.71 bits per heavy atom. The minimum Gasteiger partial charge on any atom is -0.469 e. The molecule has 1 rings (SSSR count). The predicted molar refractivity (Wildman–Crippen MR) is 50.4 cm³/mol. The molecule has 0 amide bonds. The Bertz CT molecular complexity index is 287. The van der Waals surface area contributed by atoms with Crippen molar-refractivity contribution in [2.24, 2.45) is 0 Å². The number of hydrogen-bond donors (Lipinski definition) is 1. The van der Waals surface area contributed by atoms with Gasteiger partial charge in [-0.2, -0.15) is 0 Å². The van der Waals surface area contributed by atoms with Gasteiger partial charge in [0, 0.05) is 18.8 Å². The molecule has 1 aromatic heterocycles. The van der Waals surface area contributed by atoms with Crippen LogP contribution in [0.3, 0.4) is 0 Å². The summed E-state index contributed by atoms with van der Waals surface area (Å²) in [4.78, 5) is 14.7. The number of esters is 1. The van der Waals surface area contributed by atoms with Crippen molar-refractivity contribution in [3.8, 4) is 0 Å². The van der Waals surface area contributed by atoms with Gasteiger partial charge in [0.25, 0.3) is 0 Å². The van der Waals surface area contributed by atoms with E-state index >= 15 is 0 Å². The average molecular weight is 195 g/mol. The lowest BCUT2D eigenvalue weighted by atomic mass is 10.1. The first-order valence-corrected chi connectivity index (χ1v) is 4.39. The highest BCUT2D eigenvalue weighted by Gasteiger charge is 2.09. The van der Waals surface area contributed by atoms with Gasteiger partial charge in [0.15, 0.2) is 0 Å². The second-order valence-corrected chi connectivity index (χ2v) is 2.92. The molecule has 0 saturated heterocycles. The van der Waals surface area contributed by atoms with E-state index in [1.54, 1.807) is 24.5 Å². The van der Waals surface area contributed by atoms with Gasteiger partial charge in [-0.3, -0.25) is 9.78 Å². The maximum absolute atomic E-state index is 10.8. The van der Waals surface area contributed by atoms with Crippen LogP contribution in [0.15, 0.2) is 24.5 Å². The fraction of sp³-hybridized carbons (Fsp3) is 0.400. The summed E-state index contributed by atoms with van der Waals surface area (Å²) in [6.45, 7) is 0. The predicted octanol–water partition coefficient (Wildman–Crippen LogP) is 1.07. The summed E-state index contributed by atoms with van der Waals surface area (Å²) in [7, 11) is 1.33. The third kappa shape index (κ3) is 3.14. The summed E-state index contributed by atoms with van der Waals surface area (Å²) in [5.41, 5.74) is 0.719. The van der Waals surface area contributed by atoms with Crippen molar-refractivity contribution in [1.82, 2.24) is 4.98 Å². The van der Waals surface area contributed by atoms with Crippen molar-refractivity contribution >= 4 is 5.97 Å². The van der Waals surface area contributed by atoms with E-state index in [9.17, 15) is 9.90 Å². The SMILES string of the molecule is COC(=O)CCC(O)c1cccnc1. The fourth-order valence-electron chi connectivity index (χ4n) is 1.10. The number of pyridine rings is 1. The van der Waals surface area contributed by atoms with E-state index in [1.165, 1.54) is 7.11 Å². The van der Waals surface area contributed by atoms with Gasteiger partial charge in [-0.25, -0.2) is 0 Å². The Balaban J connectivity index is 2.43.